The molecule has 3 nitrogen and oxygen atoms in total. The highest BCUT2D eigenvalue weighted by molar-refractivity contribution is 4.85. The van der Waals surface area contributed by atoms with E-state index in [0.29, 0.717) is 23.7 Å². The summed E-state index contributed by atoms with van der Waals surface area (Å²) in [5, 5.41) is 10.4. The molecule has 1 aliphatic carbocycles. The normalized spacial score (nSPS) is 32.2. The van der Waals surface area contributed by atoms with Gasteiger partial charge in [0.05, 0.1) is 12.7 Å². The van der Waals surface area contributed by atoms with E-state index in [0.717, 1.165) is 32.7 Å². The van der Waals surface area contributed by atoms with E-state index in [1.54, 1.807) is 7.11 Å². The summed E-state index contributed by atoms with van der Waals surface area (Å²) in [6.45, 7) is 12.9. The fraction of sp³-hybridized carbons (Fsp3) is 1.00. The SMILES string of the molecule is COCCN(CC(C)C)CC1C(C)CC(C)CC1O. The van der Waals surface area contributed by atoms with Crippen LogP contribution in [0.3, 0.4) is 0 Å². The first-order chi connectivity index (χ1) is 8.93. The molecule has 0 aliphatic heterocycles. The third-order valence-electron chi connectivity index (χ3n) is 4.35. The Bertz CT molecular complexity index is 233. The van der Waals surface area contributed by atoms with E-state index in [-0.39, 0.29) is 6.10 Å². The van der Waals surface area contributed by atoms with Crippen LogP contribution in [0.5, 0.6) is 0 Å². The van der Waals surface area contributed by atoms with Gasteiger partial charge in [0.1, 0.15) is 0 Å². The Hall–Kier alpha value is -0.120. The predicted molar refractivity (Wildman–Crippen MR) is 80.2 cm³/mol. The van der Waals surface area contributed by atoms with Crippen molar-refractivity contribution in [3.05, 3.63) is 0 Å². The Balaban J connectivity index is 2.55. The number of methoxy groups -OCH3 is 1. The van der Waals surface area contributed by atoms with Crippen LogP contribution in [0, 0.1) is 23.7 Å². The smallest absolute Gasteiger partial charge is 0.0589 e. The molecule has 19 heavy (non-hydrogen) atoms. The lowest BCUT2D eigenvalue weighted by molar-refractivity contribution is -0.00696. The van der Waals surface area contributed by atoms with Crippen molar-refractivity contribution >= 4 is 0 Å². The van der Waals surface area contributed by atoms with E-state index in [2.05, 4.69) is 32.6 Å². The fourth-order valence-electron chi connectivity index (χ4n) is 3.47. The van der Waals surface area contributed by atoms with Crippen LogP contribution in [0.4, 0.5) is 0 Å². The predicted octanol–water partition coefficient (Wildman–Crippen LogP) is 2.63. The van der Waals surface area contributed by atoms with E-state index < -0.39 is 0 Å². The summed E-state index contributed by atoms with van der Waals surface area (Å²) in [6, 6.07) is 0. The quantitative estimate of drug-likeness (QED) is 0.772. The van der Waals surface area contributed by atoms with Gasteiger partial charge in [0, 0.05) is 32.7 Å². The van der Waals surface area contributed by atoms with Crippen LogP contribution < -0.4 is 0 Å². The van der Waals surface area contributed by atoms with Gasteiger partial charge in [-0.3, -0.25) is 0 Å². The molecule has 0 spiro atoms. The summed E-state index contributed by atoms with van der Waals surface area (Å²) in [7, 11) is 1.76. The maximum absolute atomic E-state index is 10.4. The molecule has 1 saturated carbocycles. The zero-order chi connectivity index (χ0) is 14.4. The Morgan fingerprint density at radius 1 is 1.26 bits per heavy atom. The van der Waals surface area contributed by atoms with Crippen molar-refractivity contribution in [2.75, 3.05) is 33.4 Å². The summed E-state index contributed by atoms with van der Waals surface area (Å²) in [5.41, 5.74) is 0. The first-order valence-electron chi connectivity index (χ1n) is 7.83. The lowest BCUT2D eigenvalue weighted by Crippen LogP contribution is -2.44. The summed E-state index contributed by atoms with van der Waals surface area (Å²) in [5.74, 6) is 2.37. The lowest BCUT2D eigenvalue weighted by atomic mass is 9.73. The van der Waals surface area contributed by atoms with E-state index in [4.69, 9.17) is 4.74 Å². The second kappa shape index (κ2) is 8.23. The average Bonchev–Trinajstić information content (AvgIpc) is 2.29. The van der Waals surface area contributed by atoms with Gasteiger partial charge in [-0.25, -0.2) is 0 Å². The van der Waals surface area contributed by atoms with Crippen molar-refractivity contribution in [3.8, 4) is 0 Å². The molecule has 3 heteroatoms. The van der Waals surface area contributed by atoms with Crippen LogP contribution in [0.15, 0.2) is 0 Å². The number of hydrogen-bond donors (Lipinski definition) is 1. The van der Waals surface area contributed by atoms with Crippen molar-refractivity contribution in [2.24, 2.45) is 23.7 Å². The van der Waals surface area contributed by atoms with Gasteiger partial charge in [0.15, 0.2) is 0 Å². The van der Waals surface area contributed by atoms with Crippen LogP contribution in [0.2, 0.25) is 0 Å². The second-order valence-corrected chi connectivity index (χ2v) is 6.93. The van der Waals surface area contributed by atoms with Crippen LogP contribution in [0.1, 0.15) is 40.5 Å². The molecule has 1 aliphatic rings. The van der Waals surface area contributed by atoms with E-state index in [1.807, 2.05) is 0 Å². The van der Waals surface area contributed by atoms with Crippen molar-refractivity contribution in [1.29, 1.82) is 0 Å². The van der Waals surface area contributed by atoms with Gasteiger partial charge < -0.3 is 14.7 Å². The van der Waals surface area contributed by atoms with Crippen LogP contribution in [0.25, 0.3) is 0 Å². The van der Waals surface area contributed by atoms with Crippen LogP contribution >= 0.6 is 0 Å². The standard InChI is InChI=1S/C16H33NO2/c1-12(2)10-17(6-7-19-5)11-15-14(4)8-13(3)9-16(15)18/h12-16,18H,6-11H2,1-5H3. The molecule has 114 valence electrons. The van der Waals surface area contributed by atoms with Crippen molar-refractivity contribution in [2.45, 2.75) is 46.6 Å². The zero-order valence-electron chi connectivity index (χ0n) is 13.4. The molecule has 4 atom stereocenters. The molecule has 1 rings (SSSR count). The second-order valence-electron chi connectivity index (χ2n) is 6.93. The van der Waals surface area contributed by atoms with Crippen molar-refractivity contribution < 1.29 is 9.84 Å². The third kappa shape index (κ3) is 5.80. The number of ether oxygens (including phenoxy) is 1. The molecule has 0 heterocycles. The van der Waals surface area contributed by atoms with Gasteiger partial charge >= 0.3 is 0 Å². The summed E-state index contributed by atoms with van der Waals surface area (Å²) in [6.07, 6.45) is 2.09. The van der Waals surface area contributed by atoms with Crippen LogP contribution in [-0.4, -0.2) is 49.5 Å². The topological polar surface area (TPSA) is 32.7 Å². The molecular formula is C16H33NO2. The van der Waals surface area contributed by atoms with E-state index in [1.165, 1.54) is 6.42 Å². The Morgan fingerprint density at radius 2 is 1.95 bits per heavy atom. The van der Waals surface area contributed by atoms with E-state index >= 15 is 0 Å². The van der Waals surface area contributed by atoms with Gasteiger partial charge in [-0.2, -0.15) is 0 Å². The van der Waals surface area contributed by atoms with Gasteiger partial charge in [-0.15, -0.1) is 0 Å². The molecule has 0 amide bonds. The van der Waals surface area contributed by atoms with Gasteiger partial charge in [0.25, 0.3) is 0 Å². The van der Waals surface area contributed by atoms with Crippen molar-refractivity contribution in [3.63, 3.8) is 0 Å². The first kappa shape index (κ1) is 16.9. The number of rotatable bonds is 7. The minimum atomic E-state index is -0.129. The Labute approximate surface area is 119 Å². The molecule has 0 aromatic heterocycles. The van der Waals surface area contributed by atoms with Gasteiger partial charge in [-0.1, -0.05) is 27.7 Å². The molecule has 0 aromatic rings. The summed E-state index contributed by atoms with van der Waals surface area (Å²) < 4.78 is 5.21. The highest BCUT2D eigenvalue weighted by atomic mass is 16.5. The summed E-state index contributed by atoms with van der Waals surface area (Å²) in [4.78, 5) is 2.47. The Kier molecular flexibility index (Phi) is 7.33. The largest absolute Gasteiger partial charge is 0.393 e. The number of nitrogens with zero attached hydrogens (tertiary/aromatic N) is 1. The minimum absolute atomic E-state index is 0.129. The molecule has 0 bridgehead atoms. The molecule has 0 radical (unpaired) electrons. The summed E-state index contributed by atoms with van der Waals surface area (Å²) >= 11 is 0. The first-order valence-corrected chi connectivity index (χ1v) is 7.83. The monoisotopic (exact) mass is 271 g/mol. The lowest BCUT2D eigenvalue weighted by Gasteiger charge is -2.40. The minimum Gasteiger partial charge on any atom is -0.393 e. The van der Waals surface area contributed by atoms with Gasteiger partial charge in [0.2, 0.25) is 0 Å². The molecule has 0 aromatic carbocycles. The Morgan fingerprint density at radius 3 is 2.47 bits per heavy atom. The molecule has 1 fully saturated rings. The number of aliphatic hydroxyl groups excluding tert-OH is 1. The maximum Gasteiger partial charge on any atom is 0.0589 e. The molecular weight excluding hydrogens is 238 g/mol. The molecule has 0 saturated heterocycles. The maximum atomic E-state index is 10.4. The highest BCUT2D eigenvalue weighted by Gasteiger charge is 2.33. The number of hydrogen-bond acceptors (Lipinski definition) is 3. The van der Waals surface area contributed by atoms with Gasteiger partial charge in [-0.05, 0) is 30.6 Å². The highest BCUT2D eigenvalue weighted by Crippen LogP contribution is 2.34. The molecule has 4 unspecified atom stereocenters. The zero-order valence-corrected chi connectivity index (χ0v) is 13.4. The molecule has 1 N–H and O–H groups in total. The van der Waals surface area contributed by atoms with Crippen molar-refractivity contribution in [1.82, 2.24) is 4.90 Å². The number of aliphatic hydroxyl groups is 1. The third-order valence-corrected chi connectivity index (χ3v) is 4.35. The fourth-order valence-corrected chi connectivity index (χ4v) is 3.47. The average molecular weight is 271 g/mol. The van der Waals surface area contributed by atoms with E-state index in [9.17, 15) is 5.11 Å². The van der Waals surface area contributed by atoms with Crippen LogP contribution in [-0.2, 0) is 4.74 Å².